The van der Waals surface area contributed by atoms with Gasteiger partial charge < -0.3 is 0 Å². The Bertz CT molecular complexity index is 283. The summed E-state index contributed by atoms with van der Waals surface area (Å²) in [4.78, 5) is 0. The van der Waals surface area contributed by atoms with E-state index in [1.165, 1.54) is 4.31 Å². The average Bonchev–Trinajstić information content (AvgIpc) is 2.66. The SMILES string of the molecule is C=CCN(C1CCCC1)S(=O)(=O)CCl. The number of nitrogens with zero attached hydrogens (tertiary/aromatic N) is 1. The Labute approximate surface area is 90.8 Å². The van der Waals surface area contributed by atoms with E-state index < -0.39 is 10.0 Å². The lowest BCUT2D eigenvalue weighted by molar-refractivity contribution is 0.349. The molecule has 1 rings (SSSR count). The van der Waals surface area contributed by atoms with Gasteiger partial charge in [0.05, 0.1) is 0 Å². The molecule has 0 radical (unpaired) electrons. The molecular weight excluding hydrogens is 222 g/mol. The Kier molecular flexibility index (Phi) is 4.41. The first kappa shape index (κ1) is 12.0. The summed E-state index contributed by atoms with van der Waals surface area (Å²) >= 11 is 5.44. The van der Waals surface area contributed by atoms with Crippen LogP contribution in [-0.2, 0) is 10.0 Å². The molecule has 0 unspecified atom stereocenters. The molecule has 0 amide bonds. The van der Waals surface area contributed by atoms with Crippen LogP contribution in [0.5, 0.6) is 0 Å². The van der Waals surface area contributed by atoms with Crippen molar-refractivity contribution in [3.05, 3.63) is 12.7 Å². The first-order valence-electron chi connectivity index (χ1n) is 4.78. The number of hydrogen-bond donors (Lipinski definition) is 0. The van der Waals surface area contributed by atoms with Crippen molar-refractivity contribution in [2.24, 2.45) is 0 Å². The van der Waals surface area contributed by atoms with Gasteiger partial charge in [-0.05, 0) is 12.8 Å². The zero-order valence-electron chi connectivity index (χ0n) is 8.15. The summed E-state index contributed by atoms with van der Waals surface area (Å²) in [7, 11) is -3.28. The van der Waals surface area contributed by atoms with Crippen LogP contribution in [0, 0.1) is 0 Å². The third-order valence-electron chi connectivity index (χ3n) is 2.54. The van der Waals surface area contributed by atoms with E-state index in [-0.39, 0.29) is 11.3 Å². The van der Waals surface area contributed by atoms with Crippen LogP contribution in [0.15, 0.2) is 12.7 Å². The highest BCUT2D eigenvalue weighted by atomic mass is 35.5. The van der Waals surface area contributed by atoms with Crippen molar-refractivity contribution < 1.29 is 8.42 Å². The van der Waals surface area contributed by atoms with Gasteiger partial charge >= 0.3 is 0 Å². The fourth-order valence-corrected chi connectivity index (χ4v) is 3.37. The highest BCUT2D eigenvalue weighted by Crippen LogP contribution is 2.25. The molecule has 0 spiro atoms. The molecule has 1 saturated carbocycles. The van der Waals surface area contributed by atoms with Crippen molar-refractivity contribution in [3.63, 3.8) is 0 Å². The van der Waals surface area contributed by atoms with Crippen LogP contribution in [0.4, 0.5) is 0 Å². The molecule has 82 valence electrons. The van der Waals surface area contributed by atoms with Gasteiger partial charge in [0.25, 0.3) is 0 Å². The van der Waals surface area contributed by atoms with Gasteiger partial charge in [0.1, 0.15) is 5.21 Å². The van der Waals surface area contributed by atoms with Gasteiger partial charge in [-0.1, -0.05) is 18.9 Å². The van der Waals surface area contributed by atoms with Gasteiger partial charge in [0.15, 0.2) is 0 Å². The number of hydrogen-bond acceptors (Lipinski definition) is 2. The van der Waals surface area contributed by atoms with Crippen LogP contribution in [0.25, 0.3) is 0 Å². The third kappa shape index (κ3) is 2.72. The fraction of sp³-hybridized carbons (Fsp3) is 0.778. The fourth-order valence-electron chi connectivity index (χ4n) is 1.87. The van der Waals surface area contributed by atoms with Crippen LogP contribution in [0.2, 0.25) is 0 Å². The van der Waals surface area contributed by atoms with Crippen molar-refractivity contribution in [2.45, 2.75) is 31.7 Å². The molecule has 0 atom stereocenters. The van der Waals surface area contributed by atoms with E-state index in [4.69, 9.17) is 11.6 Å². The zero-order chi connectivity index (χ0) is 10.6. The minimum atomic E-state index is -3.28. The van der Waals surface area contributed by atoms with E-state index >= 15 is 0 Å². The molecule has 0 aromatic rings. The Hall–Kier alpha value is -0.0600. The summed E-state index contributed by atoms with van der Waals surface area (Å²) in [6.07, 6.45) is 5.72. The van der Waals surface area contributed by atoms with Crippen molar-refractivity contribution in [1.82, 2.24) is 4.31 Å². The highest BCUT2D eigenvalue weighted by molar-refractivity contribution is 7.90. The molecule has 14 heavy (non-hydrogen) atoms. The summed E-state index contributed by atoms with van der Waals surface area (Å²) in [6, 6.07) is 0.136. The Morgan fingerprint density at radius 2 is 2.00 bits per heavy atom. The summed E-state index contributed by atoms with van der Waals surface area (Å²) in [5.41, 5.74) is 0. The maximum Gasteiger partial charge on any atom is 0.228 e. The van der Waals surface area contributed by atoms with Gasteiger partial charge in [-0.15, -0.1) is 18.2 Å². The maximum absolute atomic E-state index is 11.6. The average molecular weight is 238 g/mol. The predicted octanol–water partition coefficient (Wildman–Crippen LogP) is 1.94. The Balaban J connectivity index is 2.77. The van der Waals surface area contributed by atoms with E-state index in [9.17, 15) is 8.42 Å². The molecule has 1 aliphatic carbocycles. The van der Waals surface area contributed by atoms with E-state index in [2.05, 4.69) is 6.58 Å². The minimum Gasteiger partial charge on any atom is -0.211 e. The first-order valence-corrected chi connectivity index (χ1v) is 6.92. The van der Waals surface area contributed by atoms with Crippen LogP contribution in [0.3, 0.4) is 0 Å². The minimum absolute atomic E-state index is 0.136. The smallest absolute Gasteiger partial charge is 0.211 e. The zero-order valence-corrected chi connectivity index (χ0v) is 9.73. The monoisotopic (exact) mass is 237 g/mol. The molecule has 1 aliphatic rings. The lowest BCUT2D eigenvalue weighted by Crippen LogP contribution is -2.39. The second-order valence-electron chi connectivity index (χ2n) is 3.52. The summed E-state index contributed by atoms with van der Waals surface area (Å²) in [5, 5.41) is -0.336. The maximum atomic E-state index is 11.6. The molecule has 0 aliphatic heterocycles. The largest absolute Gasteiger partial charge is 0.228 e. The number of alkyl halides is 1. The molecule has 0 heterocycles. The van der Waals surface area contributed by atoms with E-state index in [0.717, 1.165) is 25.7 Å². The standard InChI is InChI=1S/C9H16ClNO2S/c1-2-7-11(14(12,13)8-10)9-5-3-4-6-9/h2,9H,1,3-8H2. The van der Waals surface area contributed by atoms with Gasteiger partial charge in [-0.2, -0.15) is 4.31 Å². The molecule has 0 bridgehead atoms. The van der Waals surface area contributed by atoms with Gasteiger partial charge in [-0.3, -0.25) is 0 Å². The number of sulfonamides is 1. The molecule has 1 fully saturated rings. The van der Waals surface area contributed by atoms with Gasteiger partial charge in [0.2, 0.25) is 10.0 Å². The van der Waals surface area contributed by atoms with E-state index in [1.807, 2.05) is 0 Å². The van der Waals surface area contributed by atoms with Crippen LogP contribution >= 0.6 is 11.6 Å². The van der Waals surface area contributed by atoms with Crippen LogP contribution in [0.1, 0.15) is 25.7 Å². The molecule has 0 saturated heterocycles. The molecular formula is C9H16ClNO2S. The Morgan fingerprint density at radius 3 is 2.43 bits per heavy atom. The Morgan fingerprint density at radius 1 is 1.43 bits per heavy atom. The van der Waals surface area contributed by atoms with Crippen LogP contribution < -0.4 is 0 Å². The summed E-state index contributed by atoms with van der Waals surface area (Å²) < 4.78 is 24.7. The van der Waals surface area contributed by atoms with Crippen molar-refractivity contribution in [2.75, 3.05) is 11.8 Å². The lowest BCUT2D eigenvalue weighted by Gasteiger charge is -2.25. The van der Waals surface area contributed by atoms with Crippen molar-refractivity contribution >= 4 is 21.6 Å². The lowest BCUT2D eigenvalue weighted by atomic mass is 10.2. The van der Waals surface area contributed by atoms with Crippen molar-refractivity contribution in [1.29, 1.82) is 0 Å². The second-order valence-corrected chi connectivity index (χ2v) is 6.02. The topological polar surface area (TPSA) is 37.4 Å². The third-order valence-corrected chi connectivity index (χ3v) is 4.80. The molecule has 0 aromatic heterocycles. The molecule has 0 N–H and O–H groups in total. The quantitative estimate of drug-likeness (QED) is 0.541. The van der Waals surface area contributed by atoms with Crippen LogP contribution in [-0.4, -0.2) is 30.5 Å². The highest BCUT2D eigenvalue weighted by Gasteiger charge is 2.30. The predicted molar refractivity (Wildman–Crippen MR) is 58.8 cm³/mol. The number of rotatable bonds is 5. The second kappa shape index (κ2) is 5.14. The first-order chi connectivity index (χ1) is 6.61. The number of halogens is 1. The van der Waals surface area contributed by atoms with Gasteiger partial charge in [-0.25, -0.2) is 8.42 Å². The molecule has 3 nitrogen and oxygen atoms in total. The van der Waals surface area contributed by atoms with E-state index in [1.54, 1.807) is 6.08 Å². The summed E-state index contributed by atoms with van der Waals surface area (Å²) in [5.74, 6) is 0. The normalized spacial score (nSPS) is 19.0. The summed E-state index contributed by atoms with van der Waals surface area (Å²) in [6.45, 7) is 3.95. The van der Waals surface area contributed by atoms with Gasteiger partial charge in [0, 0.05) is 12.6 Å². The van der Waals surface area contributed by atoms with E-state index in [0.29, 0.717) is 6.54 Å². The molecule has 5 heteroatoms. The van der Waals surface area contributed by atoms with Crippen molar-refractivity contribution in [3.8, 4) is 0 Å². The molecule has 0 aromatic carbocycles.